The van der Waals surface area contributed by atoms with Crippen molar-refractivity contribution >= 4 is 17.3 Å². The SMILES string of the molecule is CCC1CCCN1c1ccc(CNC(C)C)c(Cl)c1. The molecule has 3 heteroatoms. The number of nitrogens with zero attached hydrogens (tertiary/aromatic N) is 1. The van der Waals surface area contributed by atoms with E-state index < -0.39 is 0 Å². The van der Waals surface area contributed by atoms with E-state index in [-0.39, 0.29) is 0 Å². The van der Waals surface area contributed by atoms with Crippen LogP contribution in [-0.4, -0.2) is 18.6 Å². The summed E-state index contributed by atoms with van der Waals surface area (Å²) in [6, 6.07) is 7.69. The molecule has 19 heavy (non-hydrogen) atoms. The van der Waals surface area contributed by atoms with Gasteiger partial charge >= 0.3 is 0 Å². The minimum Gasteiger partial charge on any atom is -0.369 e. The molecule has 2 rings (SSSR count). The lowest BCUT2D eigenvalue weighted by Gasteiger charge is -2.26. The first-order valence-electron chi connectivity index (χ1n) is 7.40. The molecule has 0 bridgehead atoms. The maximum atomic E-state index is 6.42. The fourth-order valence-corrected chi connectivity index (χ4v) is 3.01. The Balaban J connectivity index is 2.10. The predicted molar refractivity (Wildman–Crippen MR) is 84.1 cm³/mol. The number of rotatable bonds is 5. The first-order chi connectivity index (χ1) is 9.11. The van der Waals surface area contributed by atoms with Crippen molar-refractivity contribution in [1.82, 2.24) is 5.32 Å². The summed E-state index contributed by atoms with van der Waals surface area (Å²) in [5.74, 6) is 0. The van der Waals surface area contributed by atoms with Crippen molar-refractivity contribution in [2.75, 3.05) is 11.4 Å². The van der Waals surface area contributed by atoms with Gasteiger partial charge in [-0.3, -0.25) is 0 Å². The zero-order chi connectivity index (χ0) is 13.8. The van der Waals surface area contributed by atoms with E-state index in [9.17, 15) is 0 Å². The van der Waals surface area contributed by atoms with E-state index in [0.29, 0.717) is 12.1 Å². The summed E-state index contributed by atoms with van der Waals surface area (Å²) < 4.78 is 0. The second kappa shape index (κ2) is 6.62. The molecule has 1 aliphatic heterocycles. The van der Waals surface area contributed by atoms with Crippen LogP contribution in [0, 0.1) is 0 Å². The van der Waals surface area contributed by atoms with E-state index in [2.05, 4.69) is 49.2 Å². The fourth-order valence-electron chi connectivity index (χ4n) is 2.77. The molecule has 0 aliphatic carbocycles. The van der Waals surface area contributed by atoms with Gasteiger partial charge in [0.05, 0.1) is 0 Å². The number of hydrogen-bond acceptors (Lipinski definition) is 2. The molecule has 1 saturated heterocycles. The second-order valence-corrected chi connectivity index (χ2v) is 6.12. The van der Waals surface area contributed by atoms with Crippen LogP contribution in [0.5, 0.6) is 0 Å². The molecular formula is C16H25ClN2. The van der Waals surface area contributed by atoms with E-state index in [1.807, 2.05) is 0 Å². The van der Waals surface area contributed by atoms with E-state index in [0.717, 1.165) is 11.6 Å². The molecule has 0 radical (unpaired) electrons. The maximum absolute atomic E-state index is 6.42. The van der Waals surface area contributed by atoms with Crippen LogP contribution in [0.15, 0.2) is 18.2 Å². The van der Waals surface area contributed by atoms with E-state index in [1.54, 1.807) is 0 Å². The second-order valence-electron chi connectivity index (χ2n) is 5.71. The lowest BCUT2D eigenvalue weighted by Crippen LogP contribution is -2.28. The monoisotopic (exact) mass is 280 g/mol. The molecule has 0 spiro atoms. The van der Waals surface area contributed by atoms with Gasteiger partial charge in [-0.2, -0.15) is 0 Å². The van der Waals surface area contributed by atoms with Crippen LogP contribution in [0.1, 0.15) is 45.6 Å². The van der Waals surface area contributed by atoms with E-state index in [1.165, 1.54) is 37.1 Å². The van der Waals surface area contributed by atoms with Crippen molar-refractivity contribution in [2.24, 2.45) is 0 Å². The van der Waals surface area contributed by atoms with Gasteiger partial charge < -0.3 is 10.2 Å². The molecule has 1 aliphatic rings. The minimum absolute atomic E-state index is 0.485. The van der Waals surface area contributed by atoms with E-state index in [4.69, 9.17) is 11.6 Å². The Hall–Kier alpha value is -0.730. The van der Waals surface area contributed by atoms with Gasteiger partial charge in [0.25, 0.3) is 0 Å². The number of anilines is 1. The Bertz CT molecular complexity index is 417. The van der Waals surface area contributed by atoms with Crippen molar-refractivity contribution < 1.29 is 0 Å². The summed E-state index contributed by atoms with van der Waals surface area (Å²) in [4.78, 5) is 2.51. The molecule has 0 aromatic heterocycles. The maximum Gasteiger partial charge on any atom is 0.0471 e. The largest absolute Gasteiger partial charge is 0.369 e. The van der Waals surface area contributed by atoms with Gasteiger partial charge in [0.2, 0.25) is 0 Å². The normalized spacial score (nSPS) is 19.4. The Kier molecular flexibility index (Phi) is 5.12. The molecule has 0 amide bonds. The van der Waals surface area contributed by atoms with Crippen LogP contribution in [0.4, 0.5) is 5.69 Å². The summed E-state index contributed by atoms with van der Waals surface area (Å²) in [6.07, 6.45) is 3.83. The smallest absolute Gasteiger partial charge is 0.0471 e. The summed E-state index contributed by atoms with van der Waals surface area (Å²) in [5.41, 5.74) is 2.47. The van der Waals surface area contributed by atoms with Gasteiger partial charge in [0.1, 0.15) is 0 Å². The van der Waals surface area contributed by atoms with Crippen LogP contribution in [0.25, 0.3) is 0 Å². The summed E-state index contributed by atoms with van der Waals surface area (Å²) >= 11 is 6.42. The Morgan fingerprint density at radius 2 is 2.21 bits per heavy atom. The number of benzene rings is 1. The first kappa shape index (κ1) is 14.7. The van der Waals surface area contributed by atoms with Crippen LogP contribution in [0.2, 0.25) is 5.02 Å². The van der Waals surface area contributed by atoms with Crippen LogP contribution >= 0.6 is 11.6 Å². The minimum atomic E-state index is 0.485. The Labute approximate surface area is 122 Å². The zero-order valence-electron chi connectivity index (χ0n) is 12.2. The molecule has 106 valence electrons. The molecule has 1 N–H and O–H groups in total. The highest BCUT2D eigenvalue weighted by molar-refractivity contribution is 6.31. The molecule has 1 aromatic carbocycles. The fraction of sp³-hybridized carbons (Fsp3) is 0.625. The first-order valence-corrected chi connectivity index (χ1v) is 7.78. The Morgan fingerprint density at radius 1 is 1.42 bits per heavy atom. The van der Waals surface area contributed by atoms with Crippen molar-refractivity contribution in [3.8, 4) is 0 Å². The highest BCUT2D eigenvalue weighted by atomic mass is 35.5. The molecule has 1 unspecified atom stereocenters. The van der Waals surface area contributed by atoms with Crippen LogP contribution in [0.3, 0.4) is 0 Å². The third-order valence-corrected chi connectivity index (χ3v) is 4.27. The van der Waals surface area contributed by atoms with Crippen molar-refractivity contribution in [3.63, 3.8) is 0 Å². The molecule has 1 aromatic rings. The van der Waals surface area contributed by atoms with Crippen LogP contribution < -0.4 is 10.2 Å². The van der Waals surface area contributed by atoms with Gasteiger partial charge in [0.15, 0.2) is 0 Å². The van der Waals surface area contributed by atoms with Crippen LogP contribution in [-0.2, 0) is 6.54 Å². The lowest BCUT2D eigenvalue weighted by molar-refractivity contribution is 0.589. The van der Waals surface area contributed by atoms with Gasteiger partial charge in [0, 0.05) is 35.9 Å². The lowest BCUT2D eigenvalue weighted by atomic mass is 10.1. The zero-order valence-corrected chi connectivity index (χ0v) is 13.0. The van der Waals surface area contributed by atoms with Gasteiger partial charge in [-0.05, 0) is 37.0 Å². The molecular weight excluding hydrogens is 256 g/mol. The molecule has 2 nitrogen and oxygen atoms in total. The van der Waals surface area contributed by atoms with Crippen molar-refractivity contribution in [3.05, 3.63) is 28.8 Å². The number of nitrogens with one attached hydrogen (secondary N) is 1. The average Bonchev–Trinajstić information content (AvgIpc) is 2.85. The predicted octanol–water partition coefficient (Wildman–Crippen LogP) is 4.22. The van der Waals surface area contributed by atoms with Crippen molar-refractivity contribution in [1.29, 1.82) is 0 Å². The third kappa shape index (κ3) is 3.64. The third-order valence-electron chi connectivity index (χ3n) is 3.92. The van der Waals surface area contributed by atoms with Gasteiger partial charge in [-0.25, -0.2) is 0 Å². The van der Waals surface area contributed by atoms with Crippen molar-refractivity contribution in [2.45, 2.75) is 58.7 Å². The summed E-state index contributed by atoms with van der Waals surface area (Å²) in [7, 11) is 0. The van der Waals surface area contributed by atoms with Gasteiger partial charge in [-0.1, -0.05) is 38.4 Å². The molecule has 1 atom stereocenters. The average molecular weight is 281 g/mol. The summed E-state index contributed by atoms with van der Waals surface area (Å²) in [5, 5.41) is 4.30. The van der Waals surface area contributed by atoms with Gasteiger partial charge in [-0.15, -0.1) is 0 Å². The quantitative estimate of drug-likeness (QED) is 0.869. The molecule has 1 heterocycles. The Morgan fingerprint density at radius 3 is 2.84 bits per heavy atom. The standard InChI is InChI=1S/C16H25ClN2/c1-4-14-6-5-9-19(14)15-8-7-13(16(17)10-15)11-18-12(2)3/h7-8,10,12,14,18H,4-6,9,11H2,1-3H3. The highest BCUT2D eigenvalue weighted by Crippen LogP contribution is 2.30. The molecule has 1 fully saturated rings. The summed E-state index contributed by atoms with van der Waals surface area (Å²) in [6.45, 7) is 8.58. The topological polar surface area (TPSA) is 15.3 Å². The molecule has 0 saturated carbocycles. The number of halogens is 1. The number of hydrogen-bond donors (Lipinski definition) is 1. The van der Waals surface area contributed by atoms with E-state index >= 15 is 0 Å². The highest BCUT2D eigenvalue weighted by Gasteiger charge is 2.23.